The van der Waals surface area contributed by atoms with Crippen LogP contribution in [0.2, 0.25) is 0 Å². The molecule has 0 saturated carbocycles. The maximum atomic E-state index is 11.8. The third kappa shape index (κ3) is 3.89. The number of nitrogens with two attached hydrogens (primary N) is 1. The lowest BCUT2D eigenvalue weighted by Gasteiger charge is -2.15. The molecule has 1 aromatic rings. The summed E-state index contributed by atoms with van der Waals surface area (Å²) < 4.78 is 4.96. The zero-order valence-corrected chi connectivity index (χ0v) is 11.5. The van der Waals surface area contributed by atoms with Gasteiger partial charge in [-0.2, -0.15) is 0 Å². The first kappa shape index (κ1) is 14.8. The van der Waals surface area contributed by atoms with E-state index in [-0.39, 0.29) is 5.25 Å². The second kappa shape index (κ2) is 6.61. The third-order valence-corrected chi connectivity index (χ3v) is 3.66. The molecule has 3 N–H and O–H groups in total. The van der Waals surface area contributed by atoms with Crippen molar-refractivity contribution in [2.24, 2.45) is 0 Å². The van der Waals surface area contributed by atoms with Crippen LogP contribution < -0.4 is 5.73 Å². The van der Waals surface area contributed by atoms with Crippen LogP contribution in [0.3, 0.4) is 0 Å². The van der Waals surface area contributed by atoms with E-state index in [2.05, 4.69) is 4.98 Å². The van der Waals surface area contributed by atoms with E-state index in [1.807, 2.05) is 6.92 Å². The number of aliphatic hydroxyl groups is 1. The van der Waals surface area contributed by atoms with E-state index < -0.39 is 12.1 Å². The lowest BCUT2D eigenvalue weighted by Crippen LogP contribution is -2.16. The van der Waals surface area contributed by atoms with E-state index in [0.29, 0.717) is 22.9 Å². The van der Waals surface area contributed by atoms with Gasteiger partial charge in [-0.25, -0.2) is 9.78 Å². The summed E-state index contributed by atoms with van der Waals surface area (Å²) in [7, 11) is 0. The molecule has 0 aliphatic rings. The molecule has 0 aliphatic carbocycles. The molecule has 0 amide bonds. The van der Waals surface area contributed by atoms with Gasteiger partial charge < -0.3 is 15.6 Å². The number of nitrogens with zero attached hydrogens (tertiary/aromatic N) is 1. The van der Waals surface area contributed by atoms with Gasteiger partial charge in [0, 0.05) is 5.25 Å². The van der Waals surface area contributed by atoms with Gasteiger partial charge in [0.15, 0.2) is 0 Å². The number of aromatic nitrogens is 1. The van der Waals surface area contributed by atoms with Gasteiger partial charge in [0.2, 0.25) is 0 Å². The van der Waals surface area contributed by atoms with Crippen LogP contribution >= 0.6 is 11.8 Å². The van der Waals surface area contributed by atoms with Crippen molar-refractivity contribution in [2.45, 2.75) is 37.2 Å². The number of hydrogen-bond acceptors (Lipinski definition) is 6. The summed E-state index contributed by atoms with van der Waals surface area (Å²) in [5.41, 5.74) is 6.37. The lowest BCUT2D eigenvalue weighted by molar-refractivity contribution is 0.0521. The summed E-state index contributed by atoms with van der Waals surface area (Å²) >= 11 is 1.32. The van der Waals surface area contributed by atoms with Crippen LogP contribution in [0.5, 0.6) is 0 Å². The van der Waals surface area contributed by atoms with Crippen LogP contribution in [-0.2, 0) is 4.74 Å². The molecule has 0 spiro atoms. The lowest BCUT2D eigenvalue weighted by atomic mass is 10.2. The van der Waals surface area contributed by atoms with Gasteiger partial charge in [-0.1, -0.05) is 18.7 Å². The van der Waals surface area contributed by atoms with Crippen LogP contribution in [0.15, 0.2) is 17.3 Å². The largest absolute Gasteiger partial charge is 0.462 e. The Kier molecular flexibility index (Phi) is 5.43. The van der Waals surface area contributed by atoms with Crippen molar-refractivity contribution in [1.29, 1.82) is 0 Å². The highest BCUT2D eigenvalue weighted by atomic mass is 32.2. The quantitative estimate of drug-likeness (QED) is 0.625. The highest BCUT2D eigenvalue weighted by Crippen LogP contribution is 2.28. The molecule has 0 saturated heterocycles. The van der Waals surface area contributed by atoms with Crippen molar-refractivity contribution in [1.82, 2.24) is 4.98 Å². The number of carbonyl (C=O) groups excluding carboxylic acids is 1. The molecule has 18 heavy (non-hydrogen) atoms. The van der Waals surface area contributed by atoms with Crippen molar-refractivity contribution in [2.75, 3.05) is 12.3 Å². The van der Waals surface area contributed by atoms with Gasteiger partial charge in [0.05, 0.1) is 30.2 Å². The number of esters is 1. The van der Waals surface area contributed by atoms with Gasteiger partial charge in [-0.15, -0.1) is 0 Å². The van der Waals surface area contributed by atoms with Crippen molar-refractivity contribution in [3.8, 4) is 0 Å². The molecule has 100 valence electrons. The predicted molar refractivity (Wildman–Crippen MR) is 71.6 cm³/mol. The molecule has 0 bridgehead atoms. The Balaban J connectivity index is 2.99. The van der Waals surface area contributed by atoms with Crippen molar-refractivity contribution >= 4 is 23.4 Å². The summed E-state index contributed by atoms with van der Waals surface area (Å²) in [6.45, 7) is 5.59. The van der Waals surface area contributed by atoms with E-state index in [1.54, 1.807) is 19.9 Å². The minimum absolute atomic E-state index is 0.0747. The Labute approximate surface area is 111 Å². The number of aliphatic hydroxyl groups excluding tert-OH is 1. The molecule has 1 heterocycles. The molecular weight excluding hydrogens is 252 g/mol. The smallest absolute Gasteiger partial charge is 0.340 e. The molecule has 2 atom stereocenters. The Bertz CT molecular complexity index is 424. The molecular formula is C12H18N2O3S. The predicted octanol–water partition coefficient (Wildman–Crippen LogP) is 1.70. The van der Waals surface area contributed by atoms with Crippen LogP contribution in [0.25, 0.3) is 0 Å². The minimum atomic E-state index is -0.496. The Hall–Kier alpha value is -1.27. The monoisotopic (exact) mass is 270 g/mol. The maximum absolute atomic E-state index is 11.8. The number of thioether (sulfide) groups is 1. The molecule has 1 rings (SSSR count). The molecule has 0 aliphatic heterocycles. The van der Waals surface area contributed by atoms with E-state index >= 15 is 0 Å². The molecule has 1 aromatic heterocycles. The summed E-state index contributed by atoms with van der Waals surface area (Å²) in [4.78, 5) is 15.9. The number of ether oxygens (including phenoxy) is 1. The topological polar surface area (TPSA) is 85.4 Å². The molecule has 0 aromatic carbocycles. The van der Waals surface area contributed by atoms with Crippen molar-refractivity contribution < 1.29 is 14.6 Å². The Morgan fingerprint density at radius 2 is 2.28 bits per heavy atom. The van der Waals surface area contributed by atoms with Crippen LogP contribution in [0.1, 0.15) is 31.1 Å². The van der Waals surface area contributed by atoms with E-state index in [0.717, 1.165) is 0 Å². The Morgan fingerprint density at radius 3 is 2.83 bits per heavy atom. The van der Waals surface area contributed by atoms with Crippen LogP contribution in [-0.4, -0.2) is 34.0 Å². The normalized spacial score (nSPS) is 14.0. The summed E-state index contributed by atoms with van der Waals surface area (Å²) in [6.07, 6.45) is 0.990. The zero-order chi connectivity index (χ0) is 13.7. The standard InChI is InChI=1S/C12H18N2O3S/c1-4-17-12(16)10-5-9(13)6-14-11(10)18-8(3)7(2)15/h5-8,15H,4,13H2,1-3H3. The van der Waals surface area contributed by atoms with Gasteiger partial charge in [0.25, 0.3) is 0 Å². The molecule has 5 nitrogen and oxygen atoms in total. The number of pyridine rings is 1. The number of nitrogen functional groups attached to an aromatic ring is 1. The highest BCUT2D eigenvalue weighted by molar-refractivity contribution is 8.00. The fourth-order valence-electron chi connectivity index (χ4n) is 1.19. The third-order valence-electron chi connectivity index (χ3n) is 2.34. The first-order valence-electron chi connectivity index (χ1n) is 5.73. The first-order chi connectivity index (χ1) is 8.45. The molecule has 6 heteroatoms. The fraction of sp³-hybridized carbons (Fsp3) is 0.500. The van der Waals surface area contributed by atoms with Crippen LogP contribution in [0, 0.1) is 0 Å². The number of hydrogen-bond donors (Lipinski definition) is 2. The highest BCUT2D eigenvalue weighted by Gasteiger charge is 2.19. The number of carbonyl (C=O) groups is 1. The minimum Gasteiger partial charge on any atom is -0.462 e. The van der Waals surface area contributed by atoms with Gasteiger partial charge >= 0.3 is 5.97 Å². The first-order valence-corrected chi connectivity index (χ1v) is 6.61. The van der Waals surface area contributed by atoms with Crippen molar-refractivity contribution in [3.05, 3.63) is 17.8 Å². The molecule has 0 fully saturated rings. The number of anilines is 1. The average Bonchev–Trinajstić information content (AvgIpc) is 2.31. The summed E-state index contributed by atoms with van der Waals surface area (Å²) in [5, 5.41) is 9.93. The van der Waals surface area contributed by atoms with Gasteiger partial charge in [-0.05, 0) is 19.9 Å². The second-order valence-corrected chi connectivity index (χ2v) is 5.27. The van der Waals surface area contributed by atoms with Crippen molar-refractivity contribution in [3.63, 3.8) is 0 Å². The second-order valence-electron chi connectivity index (χ2n) is 3.91. The van der Waals surface area contributed by atoms with Crippen LogP contribution in [0.4, 0.5) is 5.69 Å². The van der Waals surface area contributed by atoms with E-state index in [9.17, 15) is 9.90 Å². The fourth-order valence-corrected chi connectivity index (χ4v) is 2.12. The Morgan fingerprint density at radius 1 is 1.61 bits per heavy atom. The van der Waals surface area contributed by atoms with E-state index in [4.69, 9.17) is 10.5 Å². The van der Waals surface area contributed by atoms with E-state index in [1.165, 1.54) is 18.0 Å². The van der Waals surface area contributed by atoms with Gasteiger partial charge in [0.1, 0.15) is 5.03 Å². The summed E-state index contributed by atoms with van der Waals surface area (Å²) in [6, 6.07) is 1.54. The SMILES string of the molecule is CCOC(=O)c1cc(N)cnc1SC(C)C(C)O. The van der Waals surface area contributed by atoms with Gasteiger partial charge in [-0.3, -0.25) is 0 Å². The zero-order valence-electron chi connectivity index (χ0n) is 10.7. The molecule has 2 unspecified atom stereocenters. The number of rotatable bonds is 5. The maximum Gasteiger partial charge on any atom is 0.340 e. The molecule has 0 radical (unpaired) electrons. The average molecular weight is 270 g/mol. The summed E-state index contributed by atoms with van der Waals surface area (Å²) in [5.74, 6) is -0.447.